The van der Waals surface area contributed by atoms with Crippen LogP contribution in [0.15, 0.2) is 22.7 Å². The first-order chi connectivity index (χ1) is 8.70. The molecule has 1 unspecified atom stereocenters. The molecule has 1 aliphatic carbocycles. The van der Waals surface area contributed by atoms with E-state index in [9.17, 15) is 0 Å². The Kier molecular flexibility index (Phi) is 5.25. The van der Waals surface area contributed by atoms with Gasteiger partial charge in [-0.05, 0) is 49.4 Å². The molecule has 1 saturated carbocycles. The molecule has 0 spiro atoms. The molecule has 0 saturated heterocycles. The van der Waals surface area contributed by atoms with Crippen molar-refractivity contribution in [3.8, 4) is 0 Å². The van der Waals surface area contributed by atoms with E-state index < -0.39 is 0 Å². The molecule has 0 bridgehead atoms. The maximum atomic E-state index is 3.72. The van der Waals surface area contributed by atoms with Crippen LogP contribution in [0.25, 0.3) is 0 Å². The van der Waals surface area contributed by atoms with Crippen LogP contribution in [0.5, 0.6) is 0 Å². The summed E-state index contributed by atoms with van der Waals surface area (Å²) in [5.74, 6) is 0.948. The van der Waals surface area contributed by atoms with Crippen molar-refractivity contribution in [1.29, 1.82) is 0 Å². The summed E-state index contributed by atoms with van der Waals surface area (Å²) in [7, 11) is 0. The quantitative estimate of drug-likeness (QED) is 0.780. The van der Waals surface area contributed by atoms with Crippen LogP contribution >= 0.6 is 15.9 Å². The highest BCUT2D eigenvalue weighted by molar-refractivity contribution is 9.10. The highest BCUT2D eigenvalue weighted by Crippen LogP contribution is 2.35. The fourth-order valence-corrected chi connectivity index (χ4v) is 2.85. The van der Waals surface area contributed by atoms with Gasteiger partial charge in [-0.15, -0.1) is 0 Å². The summed E-state index contributed by atoms with van der Waals surface area (Å²) in [4.78, 5) is 0. The standard InChI is InChI=1S/C16H24BrN/c1-3-9-18-16(11-13-5-4-6-13)14-7-8-15(17)12(2)10-14/h7-8,10,13,16,18H,3-6,9,11H2,1-2H3. The third kappa shape index (κ3) is 3.58. The van der Waals surface area contributed by atoms with Gasteiger partial charge in [0.1, 0.15) is 0 Å². The molecule has 1 N–H and O–H groups in total. The van der Waals surface area contributed by atoms with Crippen LogP contribution < -0.4 is 5.32 Å². The highest BCUT2D eigenvalue weighted by Gasteiger charge is 2.22. The molecule has 0 aromatic heterocycles. The molecule has 100 valence electrons. The van der Waals surface area contributed by atoms with Gasteiger partial charge in [-0.25, -0.2) is 0 Å². The number of aryl methyl sites for hydroxylation is 1. The molecule has 0 radical (unpaired) electrons. The summed E-state index contributed by atoms with van der Waals surface area (Å²) in [5.41, 5.74) is 2.79. The Morgan fingerprint density at radius 2 is 2.17 bits per heavy atom. The van der Waals surface area contributed by atoms with Crippen LogP contribution in [0.4, 0.5) is 0 Å². The average molecular weight is 310 g/mol. The van der Waals surface area contributed by atoms with E-state index in [1.54, 1.807) is 0 Å². The normalized spacial score (nSPS) is 17.5. The van der Waals surface area contributed by atoms with Crippen molar-refractivity contribution < 1.29 is 0 Å². The monoisotopic (exact) mass is 309 g/mol. The van der Waals surface area contributed by atoms with Crippen LogP contribution in [-0.2, 0) is 0 Å². The van der Waals surface area contributed by atoms with Crippen molar-refractivity contribution >= 4 is 15.9 Å². The van der Waals surface area contributed by atoms with Crippen LogP contribution in [0.3, 0.4) is 0 Å². The van der Waals surface area contributed by atoms with E-state index in [0.717, 1.165) is 12.5 Å². The number of hydrogen-bond acceptors (Lipinski definition) is 1. The molecule has 0 amide bonds. The lowest BCUT2D eigenvalue weighted by atomic mass is 9.79. The van der Waals surface area contributed by atoms with Crippen LogP contribution in [0.2, 0.25) is 0 Å². The number of rotatable bonds is 6. The lowest BCUT2D eigenvalue weighted by Gasteiger charge is -2.30. The van der Waals surface area contributed by atoms with Gasteiger partial charge in [0.25, 0.3) is 0 Å². The van der Waals surface area contributed by atoms with E-state index in [1.807, 2.05) is 0 Å². The number of nitrogens with one attached hydrogen (secondary N) is 1. The van der Waals surface area contributed by atoms with Gasteiger partial charge in [0.05, 0.1) is 0 Å². The minimum Gasteiger partial charge on any atom is -0.310 e. The number of halogens is 1. The van der Waals surface area contributed by atoms with Crippen molar-refractivity contribution in [3.05, 3.63) is 33.8 Å². The second kappa shape index (κ2) is 6.72. The predicted molar refractivity (Wildman–Crippen MR) is 81.9 cm³/mol. The molecule has 0 aliphatic heterocycles. The first kappa shape index (κ1) is 14.1. The Labute approximate surface area is 119 Å². The van der Waals surface area contributed by atoms with Crippen molar-refractivity contribution in [1.82, 2.24) is 5.32 Å². The Balaban J connectivity index is 2.07. The minimum atomic E-state index is 0.544. The topological polar surface area (TPSA) is 12.0 Å². The molecule has 1 atom stereocenters. The molecule has 2 heteroatoms. The Morgan fingerprint density at radius 1 is 1.39 bits per heavy atom. The first-order valence-electron chi connectivity index (χ1n) is 7.20. The number of benzene rings is 1. The zero-order chi connectivity index (χ0) is 13.0. The molecule has 1 aromatic carbocycles. The van der Waals surface area contributed by atoms with E-state index in [-0.39, 0.29) is 0 Å². The van der Waals surface area contributed by atoms with Crippen LogP contribution in [0, 0.1) is 12.8 Å². The summed E-state index contributed by atoms with van der Waals surface area (Å²) in [6.07, 6.45) is 6.81. The molecule has 0 heterocycles. The first-order valence-corrected chi connectivity index (χ1v) is 7.99. The fraction of sp³-hybridized carbons (Fsp3) is 0.625. The summed E-state index contributed by atoms with van der Waals surface area (Å²) in [6.45, 7) is 5.53. The fourth-order valence-electron chi connectivity index (χ4n) is 2.60. The van der Waals surface area contributed by atoms with E-state index in [1.165, 1.54) is 47.7 Å². The summed E-state index contributed by atoms with van der Waals surface area (Å²) >= 11 is 3.59. The maximum Gasteiger partial charge on any atom is 0.0322 e. The van der Waals surface area contributed by atoms with E-state index in [0.29, 0.717) is 6.04 Å². The largest absolute Gasteiger partial charge is 0.310 e. The summed E-state index contributed by atoms with van der Waals surface area (Å²) in [6, 6.07) is 7.33. The smallest absolute Gasteiger partial charge is 0.0322 e. The lowest BCUT2D eigenvalue weighted by Crippen LogP contribution is -2.26. The molecular weight excluding hydrogens is 286 g/mol. The van der Waals surface area contributed by atoms with Crippen LogP contribution in [0.1, 0.15) is 56.2 Å². The van der Waals surface area contributed by atoms with E-state index in [4.69, 9.17) is 0 Å². The van der Waals surface area contributed by atoms with Gasteiger partial charge in [0.2, 0.25) is 0 Å². The zero-order valence-electron chi connectivity index (χ0n) is 11.5. The molecule has 18 heavy (non-hydrogen) atoms. The van der Waals surface area contributed by atoms with Crippen LogP contribution in [-0.4, -0.2) is 6.54 Å². The highest BCUT2D eigenvalue weighted by atomic mass is 79.9. The van der Waals surface area contributed by atoms with Crippen molar-refractivity contribution in [2.24, 2.45) is 5.92 Å². The number of hydrogen-bond donors (Lipinski definition) is 1. The van der Waals surface area contributed by atoms with Crippen molar-refractivity contribution in [2.75, 3.05) is 6.54 Å². The summed E-state index contributed by atoms with van der Waals surface area (Å²) in [5, 5.41) is 3.72. The molecule has 1 nitrogen and oxygen atoms in total. The molecule has 1 aromatic rings. The van der Waals surface area contributed by atoms with Crippen molar-refractivity contribution in [2.45, 2.75) is 52.0 Å². The van der Waals surface area contributed by atoms with Gasteiger partial charge < -0.3 is 5.32 Å². The van der Waals surface area contributed by atoms with Crippen molar-refractivity contribution in [3.63, 3.8) is 0 Å². The molecule has 1 fully saturated rings. The third-order valence-electron chi connectivity index (χ3n) is 4.02. The van der Waals surface area contributed by atoms with E-state index >= 15 is 0 Å². The predicted octanol–water partition coefficient (Wildman–Crippen LogP) is 4.99. The van der Waals surface area contributed by atoms with Gasteiger partial charge in [-0.3, -0.25) is 0 Å². The molecule has 2 rings (SSSR count). The van der Waals surface area contributed by atoms with Gasteiger partial charge in [0, 0.05) is 10.5 Å². The minimum absolute atomic E-state index is 0.544. The van der Waals surface area contributed by atoms with Gasteiger partial charge in [0.15, 0.2) is 0 Å². The van der Waals surface area contributed by atoms with Gasteiger partial charge in [-0.2, -0.15) is 0 Å². The second-order valence-electron chi connectivity index (χ2n) is 5.55. The Hall–Kier alpha value is -0.340. The summed E-state index contributed by atoms with van der Waals surface area (Å²) < 4.78 is 1.21. The molecular formula is C16H24BrN. The Morgan fingerprint density at radius 3 is 2.72 bits per heavy atom. The van der Waals surface area contributed by atoms with E-state index in [2.05, 4.69) is 53.3 Å². The van der Waals surface area contributed by atoms with Gasteiger partial charge >= 0.3 is 0 Å². The Bertz CT molecular complexity index is 385. The average Bonchev–Trinajstić information content (AvgIpc) is 2.31. The van der Waals surface area contributed by atoms with Gasteiger partial charge in [-0.1, -0.05) is 54.2 Å². The zero-order valence-corrected chi connectivity index (χ0v) is 13.1. The maximum absolute atomic E-state index is 3.72. The second-order valence-corrected chi connectivity index (χ2v) is 6.40. The SMILES string of the molecule is CCCNC(CC1CCC1)c1ccc(Br)c(C)c1. The third-order valence-corrected chi connectivity index (χ3v) is 4.91. The molecule has 1 aliphatic rings. The lowest BCUT2D eigenvalue weighted by molar-refractivity contribution is 0.261.